The van der Waals surface area contributed by atoms with Crippen LogP contribution in [0.2, 0.25) is 0 Å². The van der Waals surface area contributed by atoms with Gasteiger partial charge in [0.2, 0.25) is 0 Å². The van der Waals surface area contributed by atoms with Gasteiger partial charge in [0.05, 0.1) is 6.04 Å². The molecule has 0 aromatic carbocycles. The summed E-state index contributed by atoms with van der Waals surface area (Å²) in [4.78, 5) is 2.09. The molecule has 0 spiro atoms. The Morgan fingerprint density at radius 3 is 2.45 bits per heavy atom. The molecule has 2 atom stereocenters. The maximum Gasteiger partial charge on any atom is 0.129 e. The first-order valence-electron chi connectivity index (χ1n) is 4.19. The number of rotatable bonds is 2. The molecule has 0 saturated carbocycles. The van der Waals surface area contributed by atoms with Crippen molar-refractivity contribution < 1.29 is 4.39 Å². The lowest BCUT2D eigenvalue weighted by molar-refractivity contribution is 0.143. The lowest BCUT2D eigenvalue weighted by Crippen LogP contribution is -2.42. The fourth-order valence-corrected chi connectivity index (χ4v) is 1.42. The van der Waals surface area contributed by atoms with Crippen molar-refractivity contribution in [1.29, 1.82) is 0 Å². The van der Waals surface area contributed by atoms with Crippen molar-refractivity contribution in [3.8, 4) is 0 Å². The van der Waals surface area contributed by atoms with Gasteiger partial charge in [0.15, 0.2) is 0 Å². The van der Waals surface area contributed by atoms with E-state index in [2.05, 4.69) is 24.1 Å². The number of alkyl halides is 1. The molecule has 1 aliphatic heterocycles. The third-order valence-electron chi connectivity index (χ3n) is 2.45. The van der Waals surface area contributed by atoms with Crippen molar-refractivity contribution in [2.45, 2.75) is 32.1 Å². The molecule has 0 aromatic rings. The molecule has 66 valence electrons. The zero-order valence-electron chi connectivity index (χ0n) is 7.47. The molecule has 2 nitrogen and oxygen atoms in total. The summed E-state index contributed by atoms with van der Waals surface area (Å²) in [6.45, 7) is 5.48. The molecule has 0 aliphatic carbocycles. The molecule has 0 bridgehead atoms. The number of nitrogens with zero attached hydrogens (tertiary/aromatic N) is 1. The van der Waals surface area contributed by atoms with Crippen LogP contribution in [0, 0.1) is 0 Å². The molecule has 1 fully saturated rings. The topological polar surface area (TPSA) is 15.3 Å². The molecule has 1 saturated heterocycles. The zero-order chi connectivity index (χ0) is 8.43. The van der Waals surface area contributed by atoms with E-state index in [4.69, 9.17) is 0 Å². The fourth-order valence-electron chi connectivity index (χ4n) is 1.42. The van der Waals surface area contributed by atoms with Crippen LogP contribution >= 0.6 is 0 Å². The Labute approximate surface area is 67.8 Å². The molecule has 11 heavy (non-hydrogen) atoms. The molecule has 1 heterocycles. The first-order chi connectivity index (χ1) is 5.13. The summed E-state index contributed by atoms with van der Waals surface area (Å²) in [6.07, 6.45) is -0.692. The molecule has 0 radical (unpaired) electrons. The molecule has 0 aromatic heterocycles. The van der Waals surface area contributed by atoms with Crippen molar-refractivity contribution in [1.82, 2.24) is 10.2 Å². The monoisotopic (exact) mass is 160 g/mol. The summed E-state index contributed by atoms with van der Waals surface area (Å²) in [5.74, 6) is 0. The van der Waals surface area contributed by atoms with E-state index in [1.165, 1.54) is 0 Å². The van der Waals surface area contributed by atoms with E-state index in [-0.39, 0.29) is 6.04 Å². The van der Waals surface area contributed by atoms with Gasteiger partial charge < -0.3 is 5.32 Å². The second kappa shape index (κ2) is 3.50. The van der Waals surface area contributed by atoms with Crippen LogP contribution in [0.4, 0.5) is 4.39 Å². The Morgan fingerprint density at radius 2 is 2.09 bits per heavy atom. The Kier molecular flexibility index (Phi) is 2.84. The molecular formula is C8H17FN2. The van der Waals surface area contributed by atoms with Crippen LogP contribution in [0.25, 0.3) is 0 Å². The largest absolute Gasteiger partial charge is 0.312 e. The van der Waals surface area contributed by atoms with Gasteiger partial charge in [-0.1, -0.05) is 0 Å². The third-order valence-corrected chi connectivity index (χ3v) is 2.45. The van der Waals surface area contributed by atoms with Gasteiger partial charge in [-0.05, 0) is 20.9 Å². The minimum atomic E-state index is -0.692. The van der Waals surface area contributed by atoms with Gasteiger partial charge in [0.1, 0.15) is 6.17 Å². The van der Waals surface area contributed by atoms with Gasteiger partial charge in [-0.2, -0.15) is 0 Å². The Hall–Kier alpha value is -0.150. The van der Waals surface area contributed by atoms with Crippen molar-refractivity contribution >= 4 is 0 Å². The van der Waals surface area contributed by atoms with Gasteiger partial charge in [0.25, 0.3) is 0 Å². The van der Waals surface area contributed by atoms with E-state index in [0.717, 1.165) is 6.54 Å². The predicted molar refractivity (Wildman–Crippen MR) is 44.5 cm³/mol. The highest BCUT2D eigenvalue weighted by atomic mass is 19.1. The second-order valence-corrected chi connectivity index (χ2v) is 3.50. The van der Waals surface area contributed by atoms with Crippen molar-refractivity contribution in [2.75, 3.05) is 20.1 Å². The molecule has 1 N–H and O–H groups in total. The summed E-state index contributed by atoms with van der Waals surface area (Å²) in [5.41, 5.74) is 0. The van der Waals surface area contributed by atoms with Crippen LogP contribution in [-0.2, 0) is 0 Å². The molecule has 0 unspecified atom stereocenters. The summed E-state index contributed by atoms with van der Waals surface area (Å²) < 4.78 is 13.1. The average Bonchev–Trinajstić information content (AvgIpc) is 2.33. The van der Waals surface area contributed by atoms with E-state index in [1.54, 1.807) is 0 Å². The average molecular weight is 160 g/mol. The zero-order valence-corrected chi connectivity index (χ0v) is 7.47. The number of nitrogens with one attached hydrogen (secondary N) is 1. The van der Waals surface area contributed by atoms with E-state index < -0.39 is 6.17 Å². The summed E-state index contributed by atoms with van der Waals surface area (Å²) in [7, 11) is 1.98. The van der Waals surface area contributed by atoms with Gasteiger partial charge in [0, 0.05) is 19.1 Å². The molecule has 1 aliphatic rings. The highest BCUT2D eigenvalue weighted by molar-refractivity contribution is 4.88. The highest BCUT2D eigenvalue weighted by Crippen LogP contribution is 2.12. The quantitative estimate of drug-likeness (QED) is 0.637. The maximum atomic E-state index is 13.1. The van der Waals surface area contributed by atoms with Crippen molar-refractivity contribution in [2.24, 2.45) is 0 Å². The number of hydrogen-bond donors (Lipinski definition) is 1. The summed E-state index contributed by atoms with van der Waals surface area (Å²) in [6, 6.07) is 0.508. The van der Waals surface area contributed by atoms with E-state index in [1.807, 2.05) is 7.05 Å². The minimum Gasteiger partial charge on any atom is -0.312 e. The van der Waals surface area contributed by atoms with Crippen LogP contribution in [0.15, 0.2) is 0 Å². The SMILES string of the molecule is CC(C)N(C)[C@H]1CNC[C@H]1F. The Balaban J connectivity index is 2.45. The van der Waals surface area contributed by atoms with Crippen LogP contribution in [0.3, 0.4) is 0 Å². The first kappa shape index (κ1) is 8.94. The first-order valence-corrected chi connectivity index (χ1v) is 4.19. The standard InChI is InChI=1S/C8H17FN2/c1-6(2)11(3)8-5-10-4-7(8)9/h6-8,10H,4-5H2,1-3H3/t7-,8+/m1/s1. The minimum absolute atomic E-state index is 0.0787. The van der Waals surface area contributed by atoms with Gasteiger partial charge in [-0.25, -0.2) is 4.39 Å². The molecule has 3 heteroatoms. The van der Waals surface area contributed by atoms with Crippen molar-refractivity contribution in [3.05, 3.63) is 0 Å². The van der Waals surface area contributed by atoms with Crippen molar-refractivity contribution in [3.63, 3.8) is 0 Å². The van der Waals surface area contributed by atoms with E-state index in [9.17, 15) is 4.39 Å². The fraction of sp³-hybridized carbons (Fsp3) is 1.00. The Bertz CT molecular complexity index is 127. The molecule has 0 amide bonds. The molecule has 1 rings (SSSR count). The van der Waals surface area contributed by atoms with E-state index >= 15 is 0 Å². The number of likely N-dealkylation sites (N-methyl/N-ethyl adjacent to an activating group) is 1. The van der Waals surface area contributed by atoms with Crippen LogP contribution < -0.4 is 5.32 Å². The summed E-state index contributed by atoms with van der Waals surface area (Å²) >= 11 is 0. The lowest BCUT2D eigenvalue weighted by Gasteiger charge is -2.28. The van der Waals surface area contributed by atoms with Crippen LogP contribution in [-0.4, -0.2) is 43.3 Å². The third kappa shape index (κ3) is 1.91. The predicted octanol–water partition coefficient (Wildman–Crippen LogP) is 0.636. The second-order valence-electron chi connectivity index (χ2n) is 3.50. The van der Waals surface area contributed by atoms with Gasteiger partial charge >= 0.3 is 0 Å². The summed E-state index contributed by atoms with van der Waals surface area (Å²) in [5, 5.41) is 3.04. The maximum absolute atomic E-state index is 13.1. The smallest absolute Gasteiger partial charge is 0.129 e. The highest BCUT2D eigenvalue weighted by Gasteiger charge is 2.30. The molecular weight excluding hydrogens is 143 g/mol. The number of hydrogen-bond acceptors (Lipinski definition) is 2. The normalized spacial score (nSPS) is 32.2. The Morgan fingerprint density at radius 1 is 1.45 bits per heavy atom. The van der Waals surface area contributed by atoms with Gasteiger partial charge in [-0.15, -0.1) is 0 Å². The van der Waals surface area contributed by atoms with Crippen LogP contribution in [0.1, 0.15) is 13.8 Å². The van der Waals surface area contributed by atoms with E-state index in [0.29, 0.717) is 12.6 Å². The number of halogens is 1. The lowest BCUT2D eigenvalue weighted by atomic mass is 10.2. The van der Waals surface area contributed by atoms with Gasteiger partial charge in [-0.3, -0.25) is 4.90 Å². The van der Waals surface area contributed by atoms with Crippen LogP contribution in [0.5, 0.6) is 0 Å².